The number of carbonyl (C=O) groups excluding carboxylic acids is 15. The van der Waals surface area contributed by atoms with Crippen molar-refractivity contribution in [3.8, 4) is 11.5 Å². The SMILES string of the molecule is CCCC[C@H]1C(=O)N2C[C@H](O)C[C@@H]2C(=O)N[C@@H](CC(=O)O)C(=O)N[C@@H](C(C)C)C(=O)N(C)[C@@H](Cc2ccccc2)C(=O)N[C@@H](CCC(=O)O)C(=O)N2C[C@H](O)C[C@@H]2C(=O)N[C@@H](Cc2c[nH]c3ccccc23)C(=O)N[C@@H](Cc2ccc(O)cc2)C(=O)N[C@@H](CC(C)C)C(=O)N[C@H](C(=O)NCC(N)=O)CSCC(=O)N[C@@H](Cc2cc(F)c(F)c(F)c2)C(=O)N(C)[C@@H](Cc2ccc(O)cc2)C(=O)N1C. The molecule has 9 rings (SSSR count). The van der Waals surface area contributed by atoms with Crippen LogP contribution in [0.1, 0.15) is 120 Å². The number of amides is 15. The summed E-state index contributed by atoms with van der Waals surface area (Å²) in [5, 5.41) is 87.6. The maximum absolute atomic E-state index is 15.7. The first kappa shape index (κ1) is 106. The number of nitrogens with zero attached hydrogens (tertiary/aromatic N) is 5. The number of unbranched alkanes of at least 4 members (excludes halogenated alkanes) is 1. The fraction of sp³-hybridized carbons (Fsp3) is 0.473. The number of nitrogens with one attached hydrogen (secondary N) is 10. The molecule has 3 saturated heterocycles. The van der Waals surface area contributed by atoms with E-state index < -0.39 is 309 Å². The number of hydrogen-bond donors (Lipinski definition) is 17. The number of phenolic OH excluding ortho intramolecular Hbond substituents is 2. The number of halogens is 3. The summed E-state index contributed by atoms with van der Waals surface area (Å²) in [6, 6.07) is 3.57. The number of thioether (sulfide) groups is 1. The number of aliphatic hydroxyl groups is 2. The number of phenols is 2. The lowest BCUT2D eigenvalue weighted by Gasteiger charge is -2.38. The minimum Gasteiger partial charge on any atom is -0.508 e. The Morgan fingerprint density at radius 2 is 1.01 bits per heavy atom. The van der Waals surface area contributed by atoms with Crippen LogP contribution in [-0.4, -0.2) is 304 Å². The number of para-hydroxylation sites is 1. The number of carboxylic acids is 2. The molecular formula is C93H117F3N16O23S. The van der Waals surface area contributed by atoms with Gasteiger partial charge in [0.25, 0.3) is 0 Å². The predicted molar refractivity (Wildman–Crippen MR) is 486 cm³/mol. The van der Waals surface area contributed by atoms with Crippen LogP contribution in [0.3, 0.4) is 0 Å². The number of H-pyrrole nitrogens is 1. The molecule has 136 heavy (non-hydrogen) atoms. The number of carbonyl (C=O) groups is 17. The normalized spacial score (nSPS) is 24.4. The fourth-order valence-corrected chi connectivity index (χ4v) is 17.3. The lowest BCUT2D eigenvalue weighted by atomic mass is 9.98. The number of benzene rings is 5. The molecule has 15 amide bonds. The second-order valence-electron chi connectivity index (χ2n) is 35.0. The highest BCUT2D eigenvalue weighted by Gasteiger charge is 2.49. The number of aliphatic hydroxyl groups excluding tert-OH is 2. The van der Waals surface area contributed by atoms with Crippen molar-refractivity contribution in [3.05, 3.63) is 167 Å². The van der Waals surface area contributed by atoms with Gasteiger partial charge in [0, 0.05) is 108 Å². The van der Waals surface area contributed by atoms with Crippen molar-refractivity contribution in [3.63, 3.8) is 0 Å². The molecule has 6 aromatic rings. The van der Waals surface area contributed by atoms with Crippen molar-refractivity contribution in [2.24, 2.45) is 17.6 Å². The second kappa shape index (κ2) is 49.0. The molecule has 39 nitrogen and oxygen atoms in total. The van der Waals surface area contributed by atoms with Gasteiger partial charge in [-0.25, -0.2) is 13.2 Å². The molecule has 0 bridgehead atoms. The second-order valence-corrected chi connectivity index (χ2v) is 36.0. The van der Waals surface area contributed by atoms with Crippen molar-refractivity contribution in [1.82, 2.24) is 77.3 Å². The van der Waals surface area contributed by atoms with Crippen LogP contribution in [0, 0.1) is 29.3 Å². The number of aliphatic carboxylic acids is 2. The molecular weight excluding hydrogens is 1800 g/mol. The Balaban J connectivity index is 1.15. The van der Waals surface area contributed by atoms with E-state index >= 15 is 56.7 Å². The fourth-order valence-electron chi connectivity index (χ4n) is 16.5. The van der Waals surface area contributed by atoms with Crippen molar-refractivity contribution in [2.45, 2.75) is 215 Å². The Labute approximate surface area is 785 Å². The highest BCUT2D eigenvalue weighted by molar-refractivity contribution is 8.00. The first-order valence-electron chi connectivity index (χ1n) is 44.4. The third-order valence-electron chi connectivity index (χ3n) is 23.8. The van der Waals surface area contributed by atoms with E-state index in [2.05, 4.69) is 52.8 Å². The molecule has 0 radical (unpaired) electrons. The molecule has 15 atom stereocenters. The quantitative estimate of drug-likeness (QED) is 0.0364. The van der Waals surface area contributed by atoms with Gasteiger partial charge in [-0.1, -0.05) is 120 Å². The van der Waals surface area contributed by atoms with E-state index in [4.69, 9.17) is 5.73 Å². The summed E-state index contributed by atoms with van der Waals surface area (Å²) in [7, 11) is 3.46. The van der Waals surface area contributed by atoms with Crippen molar-refractivity contribution < 1.29 is 125 Å². The summed E-state index contributed by atoms with van der Waals surface area (Å²) in [5.41, 5.74) is 6.95. The molecule has 734 valence electrons. The van der Waals surface area contributed by atoms with E-state index in [9.17, 15) is 68.6 Å². The van der Waals surface area contributed by atoms with Gasteiger partial charge in [-0.3, -0.25) is 81.5 Å². The summed E-state index contributed by atoms with van der Waals surface area (Å²) in [5.74, 6) is -28.2. The largest absolute Gasteiger partial charge is 0.508 e. The first-order chi connectivity index (χ1) is 64.4. The maximum Gasteiger partial charge on any atom is 0.305 e. The summed E-state index contributed by atoms with van der Waals surface area (Å²) in [6.07, 6.45) is -7.50. The number of primary amides is 1. The van der Waals surface area contributed by atoms with Gasteiger partial charge in [-0.05, 0) is 101 Å². The molecule has 3 aliphatic rings. The third-order valence-corrected chi connectivity index (χ3v) is 24.8. The Morgan fingerprint density at radius 3 is 1.58 bits per heavy atom. The molecule has 43 heteroatoms. The number of nitrogens with two attached hydrogens (primary N) is 1. The van der Waals surface area contributed by atoms with Crippen LogP contribution in [0.25, 0.3) is 10.9 Å². The van der Waals surface area contributed by atoms with Gasteiger partial charge in [0.05, 0.1) is 30.9 Å². The molecule has 5 aromatic carbocycles. The zero-order valence-electron chi connectivity index (χ0n) is 76.3. The van der Waals surface area contributed by atoms with Gasteiger partial charge in [0.2, 0.25) is 88.6 Å². The van der Waals surface area contributed by atoms with Crippen LogP contribution < -0.4 is 53.6 Å². The molecule has 4 heterocycles. The predicted octanol–water partition coefficient (Wildman–Crippen LogP) is 0.373. The molecule has 0 unspecified atom stereocenters. The average molecular weight is 1920 g/mol. The Hall–Kier alpha value is -13.7. The van der Waals surface area contributed by atoms with Crippen LogP contribution in [0.15, 0.2) is 121 Å². The van der Waals surface area contributed by atoms with Gasteiger partial charge in [-0.2, -0.15) is 0 Å². The smallest absolute Gasteiger partial charge is 0.305 e. The van der Waals surface area contributed by atoms with E-state index in [0.29, 0.717) is 57.9 Å². The molecule has 1 aromatic heterocycles. The average Bonchev–Trinajstić information content (AvgIpc) is 1.66. The number of rotatable bonds is 24. The summed E-state index contributed by atoms with van der Waals surface area (Å²) in [6.45, 7) is 5.97. The summed E-state index contributed by atoms with van der Waals surface area (Å²) >= 11 is 0.620. The highest BCUT2D eigenvalue weighted by atomic mass is 32.2. The van der Waals surface area contributed by atoms with Crippen molar-refractivity contribution >= 4 is 123 Å². The number of aromatic hydroxyl groups is 2. The van der Waals surface area contributed by atoms with E-state index in [1.54, 1.807) is 81.6 Å². The van der Waals surface area contributed by atoms with Crippen LogP contribution >= 0.6 is 11.8 Å². The van der Waals surface area contributed by atoms with Crippen LogP contribution in [0.2, 0.25) is 0 Å². The maximum atomic E-state index is 15.7. The van der Waals surface area contributed by atoms with Crippen LogP contribution in [0.4, 0.5) is 13.2 Å². The van der Waals surface area contributed by atoms with E-state index in [-0.39, 0.29) is 49.2 Å². The molecule has 18 N–H and O–H groups in total. The van der Waals surface area contributed by atoms with E-state index in [1.807, 2.05) is 0 Å². The molecule has 3 aliphatic heterocycles. The zero-order valence-corrected chi connectivity index (χ0v) is 77.1. The molecule has 0 aliphatic carbocycles. The minimum absolute atomic E-state index is 0.182. The van der Waals surface area contributed by atoms with Gasteiger partial charge >= 0.3 is 11.9 Å². The van der Waals surface area contributed by atoms with E-state index in [0.717, 1.165) is 38.6 Å². The van der Waals surface area contributed by atoms with Crippen molar-refractivity contribution in [2.75, 3.05) is 52.3 Å². The number of likely N-dealkylation sites (N-methyl/N-ethyl adjacent to an activating group) is 3. The van der Waals surface area contributed by atoms with Crippen LogP contribution in [-0.2, 0) is 114 Å². The first-order valence-corrected chi connectivity index (χ1v) is 45.6. The standard InChI is InChI=1S/C93H117F3N16O23S/c1-9-10-20-70-92(134)112-45-58(116)40-73(112)88(130)105-67(41-78(121)122)85(127)107-80(49(4)5)93(135)109(7)71(36-50-16-12-11-13-17-50)86(128)101-63(29-30-77(119)120)90(132)111-44-57(115)39-72(111)87(129)104-66(38-54-42-98-62-19-15-14-18-59(54)62)84(126)103-65(34-51-21-25-55(113)26-22-51)83(125)102-64(31-48(2)3)82(124)106-69(81(123)99-43-75(97)117)46-136-47-76(118)100-68(35-53-32-60(94)79(96)61(95)33-53)89(131)110(8)74(91(133)108(70)6)37-52-23-27-56(114)28-24-52/h11-19,21-28,32-33,42,48-49,57-58,63-74,80,98,113-116H,9-10,20,29-31,34-41,43-47H2,1-8H3,(H2,97,117)(H,99,123)(H,100,118)(H,101,128)(H,102,125)(H,103,126)(H,104,129)(H,105,130)(H,106,124)(H,107,127)(H,119,120)(H,121,122)/t57-,58-,63+,64+,65+,66+,67+,68+,69+,70+,71+,72-,73-,74+,80+/m1/s1. The topological polar surface area (TPSA) is 578 Å². The molecule has 0 spiro atoms. The summed E-state index contributed by atoms with van der Waals surface area (Å²) < 4.78 is 45.1. The lowest BCUT2D eigenvalue weighted by Crippen LogP contribution is -2.62. The summed E-state index contributed by atoms with van der Waals surface area (Å²) in [4.78, 5) is 258. The molecule has 3 fully saturated rings. The Kier molecular flexibility index (Phi) is 38.2. The van der Waals surface area contributed by atoms with Gasteiger partial charge < -0.3 is 114 Å². The minimum atomic E-state index is -2.09. The zero-order chi connectivity index (χ0) is 99.8. The van der Waals surface area contributed by atoms with Gasteiger partial charge in [-0.15, -0.1) is 11.8 Å². The number of aromatic nitrogens is 1. The number of hydrogen-bond acceptors (Lipinski definition) is 22. The third kappa shape index (κ3) is 29.2. The highest BCUT2D eigenvalue weighted by Crippen LogP contribution is 2.29. The Morgan fingerprint density at radius 1 is 0.507 bits per heavy atom. The van der Waals surface area contributed by atoms with E-state index in [1.165, 1.54) is 69.4 Å². The lowest BCUT2D eigenvalue weighted by molar-refractivity contribution is -0.152. The van der Waals surface area contributed by atoms with Crippen molar-refractivity contribution in [1.29, 1.82) is 0 Å². The van der Waals surface area contributed by atoms with Gasteiger partial charge in [0.1, 0.15) is 90.0 Å². The van der Waals surface area contributed by atoms with Gasteiger partial charge in [0.15, 0.2) is 17.5 Å². The number of aromatic amines is 1. The number of carboxylic acid groups (broad SMARTS) is 2. The molecule has 0 saturated carbocycles. The number of fused-ring (bicyclic) bond motifs is 3. The Bertz CT molecular complexity index is 5330. The monoisotopic (exact) mass is 1910 g/mol. The van der Waals surface area contributed by atoms with Crippen LogP contribution in [0.5, 0.6) is 11.5 Å².